The van der Waals surface area contributed by atoms with Gasteiger partial charge in [0.25, 0.3) is 0 Å². The maximum Gasteiger partial charge on any atom is 0.246 e. The Hall–Kier alpha value is -1.64. The van der Waals surface area contributed by atoms with Crippen molar-refractivity contribution in [2.24, 2.45) is 5.92 Å². The quantitative estimate of drug-likeness (QED) is 0.728. The number of hydrogen-bond acceptors (Lipinski definition) is 5. The molecule has 0 saturated carbocycles. The standard InChI is InChI=1S/C17H26N2O5S/c1-13-6-7-15(24-3)16(11-13)25(21,22)19-9-4-5-14(12-19)17(20)18-8-10-23-2/h6-7,11,14H,4-5,8-10,12H2,1-3H3,(H,18,20)/t14-/m0/s1. The summed E-state index contributed by atoms with van der Waals surface area (Å²) in [6.07, 6.45) is 1.32. The minimum Gasteiger partial charge on any atom is -0.495 e. The lowest BCUT2D eigenvalue weighted by Gasteiger charge is -2.31. The van der Waals surface area contributed by atoms with Crippen LogP contribution in [-0.2, 0) is 19.6 Å². The highest BCUT2D eigenvalue weighted by molar-refractivity contribution is 7.89. The summed E-state index contributed by atoms with van der Waals surface area (Å²) in [6, 6.07) is 5.07. The molecule has 0 aromatic heterocycles. The number of amides is 1. The second kappa shape index (κ2) is 8.64. The number of sulfonamides is 1. The van der Waals surface area contributed by atoms with Gasteiger partial charge in [-0.25, -0.2) is 8.42 Å². The molecule has 0 unspecified atom stereocenters. The normalized spacial score (nSPS) is 18.8. The van der Waals surface area contributed by atoms with Crippen molar-refractivity contribution in [1.82, 2.24) is 9.62 Å². The van der Waals surface area contributed by atoms with Crippen LogP contribution in [0.1, 0.15) is 18.4 Å². The van der Waals surface area contributed by atoms with Crippen LogP contribution in [0.25, 0.3) is 0 Å². The summed E-state index contributed by atoms with van der Waals surface area (Å²) in [7, 11) is -0.699. The third-order valence-corrected chi connectivity index (χ3v) is 6.18. The third-order valence-electron chi connectivity index (χ3n) is 4.30. The summed E-state index contributed by atoms with van der Waals surface area (Å²) < 4.78 is 37.6. The Morgan fingerprint density at radius 3 is 2.80 bits per heavy atom. The maximum atomic E-state index is 13.0. The zero-order valence-corrected chi connectivity index (χ0v) is 15.8. The average molecular weight is 370 g/mol. The molecular formula is C17H26N2O5S. The van der Waals surface area contributed by atoms with Crippen molar-refractivity contribution < 1.29 is 22.7 Å². The molecule has 2 rings (SSSR count). The topological polar surface area (TPSA) is 84.9 Å². The summed E-state index contributed by atoms with van der Waals surface area (Å²) in [5.74, 6) is -0.165. The molecule has 1 atom stereocenters. The van der Waals surface area contributed by atoms with Crippen molar-refractivity contribution in [2.45, 2.75) is 24.7 Å². The molecule has 1 fully saturated rings. The van der Waals surface area contributed by atoms with E-state index in [1.54, 1.807) is 25.3 Å². The molecule has 0 radical (unpaired) electrons. The van der Waals surface area contributed by atoms with Gasteiger partial charge in [-0.05, 0) is 37.5 Å². The van der Waals surface area contributed by atoms with Crippen molar-refractivity contribution in [3.05, 3.63) is 23.8 Å². The van der Waals surface area contributed by atoms with Gasteiger partial charge in [0.05, 0.1) is 19.6 Å². The summed E-state index contributed by atoms with van der Waals surface area (Å²) in [5.41, 5.74) is 0.838. The van der Waals surface area contributed by atoms with E-state index >= 15 is 0 Å². The summed E-state index contributed by atoms with van der Waals surface area (Å²) in [4.78, 5) is 12.4. The molecule has 1 aliphatic rings. The first-order valence-corrected chi connectivity index (χ1v) is 9.75. The average Bonchev–Trinajstić information content (AvgIpc) is 2.62. The van der Waals surface area contributed by atoms with Crippen LogP contribution in [0, 0.1) is 12.8 Å². The van der Waals surface area contributed by atoms with Gasteiger partial charge in [0, 0.05) is 26.7 Å². The number of benzene rings is 1. The minimum atomic E-state index is -3.72. The molecule has 1 heterocycles. The van der Waals surface area contributed by atoms with Crippen LogP contribution in [0.5, 0.6) is 5.75 Å². The van der Waals surface area contributed by atoms with Gasteiger partial charge in [-0.1, -0.05) is 6.07 Å². The Kier molecular flexibility index (Phi) is 6.80. The SMILES string of the molecule is COCCNC(=O)[C@H]1CCCN(S(=O)(=O)c2cc(C)ccc2OC)C1. The van der Waals surface area contributed by atoms with E-state index in [0.717, 1.165) is 5.56 Å². The first-order valence-electron chi connectivity index (χ1n) is 8.31. The van der Waals surface area contributed by atoms with Gasteiger partial charge in [0.15, 0.2) is 0 Å². The minimum absolute atomic E-state index is 0.131. The van der Waals surface area contributed by atoms with Gasteiger partial charge in [-0.15, -0.1) is 0 Å². The van der Waals surface area contributed by atoms with Gasteiger partial charge < -0.3 is 14.8 Å². The third kappa shape index (κ3) is 4.71. The van der Waals surface area contributed by atoms with Crippen LogP contribution in [0.15, 0.2) is 23.1 Å². The van der Waals surface area contributed by atoms with Gasteiger partial charge in [0.2, 0.25) is 15.9 Å². The monoisotopic (exact) mass is 370 g/mol. The number of methoxy groups -OCH3 is 2. The lowest BCUT2D eigenvalue weighted by molar-refractivity contribution is -0.126. The van der Waals surface area contributed by atoms with Crippen LogP contribution in [-0.4, -0.2) is 59.1 Å². The number of nitrogens with zero attached hydrogens (tertiary/aromatic N) is 1. The summed E-state index contributed by atoms with van der Waals surface area (Å²) >= 11 is 0. The molecule has 0 spiro atoms. The molecular weight excluding hydrogens is 344 g/mol. The molecule has 1 saturated heterocycles. The number of nitrogens with one attached hydrogen (secondary N) is 1. The highest BCUT2D eigenvalue weighted by Crippen LogP contribution is 2.30. The van der Waals surface area contributed by atoms with Crippen molar-refractivity contribution in [3.63, 3.8) is 0 Å². The van der Waals surface area contributed by atoms with Crippen molar-refractivity contribution in [2.75, 3.05) is 40.5 Å². The fourth-order valence-corrected chi connectivity index (χ4v) is 4.68. The first-order chi connectivity index (χ1) is 11.9. The Morgan fingerprint density at radius 1 is 1.36 bits per heavy atom. The number of carbonyl (C=O) groups is 1. The fraction of sp³-hybridized carbons (Fsp3) is 0.588. The van der Waals surface area contributed by atoms with Gasteiger partial charge >= 0.3 is 0 Å². The Morgan fingerprint density at radius 2 is 2.12 bits per heavy atom. The van der Waals surface area contributed by atoms with Crippen LogP contribution in [0.2, 0.25) is 0 Å². The highest BCUT2D eigenvalue weighted by atomic mass is 32.2. The largest absolute Gasteiger partial charge is 0.495 e. The zero-order valence-electron chi connectivity index (χ0n) is 14.9. The molecule has 1 aromatic rings. The van der Waals surface area contributed by atoms with E-state index in [2.05, 4.69) is 5.32 Å². The molecule has 1 N–H and O–H groups in total. The lowest BCUT2D eigenvalue weighted by atomic mass is 9.99. The van der Waals surface area contributed by atoms with Crippen molar-refractivity contribution in [3.8, 4) is 5.75 Å². The van der Waals surface area contributed by atoms with Crippen LogP contribution < -0.4 is 10.1 Å². The fourth-order valence-electron chi connectivity index (χ4n) is 2.92. The van der Waals surface area contributed by atoms with Gasteiger partial charge in [-0.3, -0.25) is 4.79 Å². The molecule has 8 heteroatoms. The number of piperidine rings is 1. The summed E-state index contributed by atoms with van der Waals surface area (Å²) in [6.45, 7) is 3.27. The number of carbonyl (C=O) groups excluding carboxylic acids is 1. The van der Waals surface area contributed by atoms with E-state index in [1.165, 1.54) is 11.4 Å². The van der Waals surface area contributed by atoms with E-state index in [0.29, 0.717) is 38.3 Å². The molecule has 25 heavy (non-hydrogen) atoms. The van der Waals surface area contributed by atoms with Crippen LogP contribution in [0.4, 0.5) is 0 Å². The molecule has 0 aliphatic carbocycles. The Labute approximate surface area is 149 Å². The molecule has 0 bridgehead atoms. The molecule has 140 valence electrons. The predicted octanol–water partition coefficient (Wildman–Crippen LogP) is 1.17. The van der Waals surface area contributed by atoms with Gasteiger partial charge in [-0.2, -0.15) is 4.31 Å². The number of aryl methyl sites for hydroxylation is 1. The number of hydrogen-bond donors (Lipinski definition) is 1. The molecule has 1 aliphatic heterocycles. The van der Waals surface area contributed by atoms with Crippen LogP contribution >= 0.6 is 0 Å². The van der Waals surface area contributed by atoms with Crippen molar-refractivity contribution in [1.29, 1.82) is 0 Å². The van der Waals surface area contributed by atoms with Crippen LogP contribution in [0.3, 0.4) is 0 Å². The van der Waals surface area contributed by atoms with Crippen molar-refractivity contribution >= 4 is 15.9 Å². The van der Waals surface area contributed by atoms with Gasteiger partial charge in [0.1, 0.15) is 10.6 Å². The zero-order chi connectivity index (χ0) is 18.4. The highest BCUT2D eigenvalue weighted by Gasteiger charge is 2.34. The van der Waals surface area contributed by atoms with E-state index < -0.39 is 10.0 Å². The second-order valence-corrected chi connectivity index (χ2v) is 8.05. The summed E-state index contributed by atoms with van der Waals surface area (Å²) in [5, 5.41) is 2.79. The maximum absolute atomic E-state index is 13.0. The Balaban J connectivity index is 2.17. The second-order valence-electron chi connectivity index (χ2n) is 6.14. The molecule has 1 amide bonds. The molecule has 1 aromatic carbocycles. The van der Waals surface area contributed by atoms with E-state index in [-0.39, 0.29) is 23.3 Å². The van der Waals surface area contributed by atoms with E-state index in [1.807, 2.05) is 6.92 Å². The van der Waals surface area contributed by atoms with E-state index in [4.69, 9.17) is 9.47 Å². The Bertz CT molecular complexity index is 705. The smallest absolute Gasteiger partial charge is 0.246 e. The predicted molar refractivity (Wildman–Crippen MR) is 94.1 cm³/mol. The molecule has 7 nitrogen and oxygen atoms in total. The number of ether oxygens (including phenoxy) is 2. The number of rotatable bonds is 7. The lowest BCUT2D eigenvalue weighted by Crippen LogP contribution is -2.45. The van der Waals surface area contributed by atoms with E-state index in [9.17, 15) is 13.2 Å². The first kappa shape index (κ1) is 19.7.